The number of rotatable bonds is 6. The summed E-state index contributed by atoms with van der Waals surface area (Å²) in [5.74, 6) is 3.70. The number of hydrogen-bond donors (Lipinski definition) is 0. The van der Waals surface area contributed by atoms with Crippen molar-refractivity contribution in [3.63, 3.8) is 0 Å². The van der Waals surface area contributed by atoms with Crippen molar-refractivity contribution in [2.45, 2.75) is 25.2 Å². The lowest BCUT2D eigenvalue weighted by molar-refractivity contribution is 0.173. The number of aromatic nitrogens is 1. The highest BCUT2D eigenvalue weighted by Crippen LogP contribution is 2.35. The topological polar surface area (TPSA) is 57.0 Å². The summed E-state index contributed by atoms with van der Waals surface area (Å²) in [6, 6.07) is 13.7. The molecule has 2 aromatic carbocycles. The Morgan fingerprint density at radius 2 is 1.89 bits per heavy atom. The quantitative estimate of drug-likeness (QED) is 0.597. The smallest absolute Gasteiger partial charge is 0.231 e. The van der Waals surface area contributed by atoms with Gasteiger partial charge in [-0.2, -0.15) is 0 Å². The van der Waals surface area contributed by atoms with Crippen LogP contribution in [0.1, 0.15) is 31.1 Å². The van der Waals surface area contributed by atoms with Gasteiger partial charge >= 0.3 is 0 Å². The fourth-order valence-corrected chi connectivity index (χ4v) is 3.91. The van der Waals surface area contributed by atoms with Crippen LogP contribution >= 0.6 is 0 Å². The van der Waals surface area contributed by atoms with Crippen molar-refractivity contribution in [1.82, 2.24) is 9.88 Å². The monoisotopic (exact) mass is 380 g/mol. The van der Waals surface area contributed by atoms with Crippen molar-refractivity contribution in [2.24, 2.45) is 0 Å². The SMILES string of the molecule is c1ccc2oc(C3CCN(CCCOc4ccc5c(c4)OCO5)CC3)nc2c1. The van der Waals surface area contributed by atoms with Gasteiger partial charge in [-0.15, -0.1) is 0 Å². The summed E-state index contributed by atoms with van der Waals surface area (Å²) in [4.78, 5) is 7.17. The lowest BCUT2D eigenvalue weighted by Gasteiger charge is -2.30. The highest BCUT2D eigenvalue weighted by atomic mass is 16.7. The van der Waals surface area contributed by atoms with Gasteiger partial charge in [-0.1, -0.05) is 12.1 Å². The number of oxazole rings is 1. The van der Waals surface area contributed by atoms with Gasteiger partial charge < -0.3 is 23.5 Å². The average molecular weight is 380 g/mol. The molecule has 1 aromatic heterocycles. The van der Waals surface area contributed by atoms with Gasteiger partial charge in [0.2, 0.25) is 6.79 Å². The molecule has 2 aliphatic heterocycles. The molecule has 28 heavy (non-hydrogen) atoms. The van der Waals surface area contributed by atoms with E-state index in [1.165, 1.54) is 0 Å². The zero-order valence-corrected chi connectivity index (χ0v) is 15.8. The third-order valence-electron chi connectivity index (χ3n) is 5.48. The number of piperidine rings is 1. The van der Waals surface area contributed by atoms with E-state index in [0.29, 0.717) is 12.5 Å². The molecule has 2 aliphatic rings. The van der Waals surface area contributed by atoms with Crippen LogP contribution in [0.15, 0.2) is 46.9 Å². The van der Waals surface area contributed by atoms with E-state index in [1.807, 2.05) is 42.5 Å². The van der Waals surface area contributed by atoms with Gasteiger partial charge in [0, 0.05) is 18.5 Å². The van der Waals surface area contributed by atoms with E-state index < -0.39 is 0 Å². The third-order valence-corrected chi connectivity index (χ3v) is 5.48. The molecular formula is C22H24N2O4. The van der Waals surface area contributed by atoms with Crippen molar-refractivity contribution in [1.29, 1.82) is 0 Å². The predicted octanol–water partition coefficient (Wildman–Crippen LogP) is 4.21. The molecule has 0 aliphatic carbocycles. The van der Waals surface area contributed by atoms with Crippen LogP contribution < -0.4 is 14.2 Å². The molecule has 0 N–H and O–H groups in total. The minimum absolute atomic E-state index is 0.290. The highest BCUT2D eigenvalue weighted by molar-refractivity contribution is 5.72. The molecule has 1 fully saturated rings. The summed E-state index contributed by atoms with van der Waals surface area (Å²) in [6.45, 7) is 4.19. The van der Waals surface area contributed by atoms with Gasteiger partial charge in [0.1, 0.15) is 11.3 Å². The molecule has 0 spiro atoms. The Labute approximate surface area is 164 Å². The van der Waals surface area contributed by atoms with Crippen LogP contribution in [0.4, 0.5) is 0 Å². The third kappa shape index (κ3) is 3.64. The molecule has 1 saturated heterocycles. The number of likely N-dealkylation sites (tertiary alicyclic amines) is 1. The fraction of sp³-hybridized carbons (Fsp3) is 0.409. The van der Waals surface area contributed by atoms with Crippen LogP contribution in [-0.2, 0) is 0 Å². The molecule has 0 amide bonds. The van der Waals surface area contributed by atoms with Crippen molar-refractivity contribution in [3.8, 4) is 17.2 Å². The normalized spacial score (nSPS) is 17.3. The van der Waals surface area contributed by atoms with Crippen LogP contribution in [0.3, 0.4) is 0 Å². The second-order valence-electron chi connectivity index (χ2n) is 7.35. The Balaban J connectivity index is 1.06. The molecule has 0 atom stereocenters. The van der Waals surface area contributed by atoms with Gasteiger partial charge in [0.05, 0.1) is 6.61 Å². The molecule has 5 rings (SSSR count). The fourth-order valence-electron chi connectivity index (χ4n) is 3.91. The molecule has 0 saturated carbocycles. The largest absolute Gasteiger partial charge is 0.493 e. The summed E-state index contributed by atoms with van der Waals surface area (Å²) in [6.07, 6.45) is 3.19. The maximum atomic E-state index is 5.95. The van der Waals surface area contributed by atoms with E-state index >= 15 is 0 Å². The minimum Gasteiger partial charge on any atom is -0.493 e. The Morgan fingerprint density at radius 1 is 1.04 bits per heavy atom. The van der Waals surface area contributed by atoms with Crippen molar-refractivity contribution >= 4 is 11.1 Å². The number of para-hydroxylation sites is 2. The zero-order valence-electron chi connectivity index (χ0n) is 15.8. The Bertz CT molecular complexity index is 914. The van der Waals surface area contributed by atoms with Gasteiger partial charge in [-0.05, 0) is 56.6 Å². The minimum atomic E-state index is 0.290. The predicted molar refractivity (Wildman–Crippen MR) is 105 cm³/mol. The Hall–Kier alpha value is -2.73. The van der Waals surface area contributed by atoms with Crippen LogP contribution in [0.5, 0.6) is 17.2 Å². The van der Waals surface area contributed by atoms with Gasteiger partial charge in [0.25, 0.3) is 0 Å². The molecule has 6 heteroatoms. The van der Waals surface area contributed by atoms with E-state index in [9.17, 15) is 0 Å². The second-order valence-corrected chi connectivity index (χ2v) is 7.35. The first-order valence-electron chi connectivity index (χ1n) is 9.95. The number of ether oxygens (including phenoxy) is 3. The number of benzene rings is 2. The number of fused-ring (bicyclic) bond motifs is 2. The molecule has 0 bridgehead atoms. The van der Waals surface area contributed by atoms with Gasteiger partial charge in [-0.25, -0.2) is 4.98 Å². The van der Waals surface area contributed by atoms with Crippen molar-refractivity contribution < 1.29 is 18.6 Å². The maximum Gasteiger partial charge on any atom is 0.231 e. The van der Waals surface area contributed by atoms with E-state index in [2.05, 4.69) is 9.88 Å². The molecular weight excluding hydrogens is 356 g/mol. The first-order valence-corrected chi connectivity index (χ1v) is 9.95. The van der Waals surface area contributed by atoms with Crippen LogP contribution in [-0.4, -0.2) is 42.9 Å². The van der Waals surface area contributed by atoms with Crippen LogP contribution in [0, 0.1) is 0 Å². The van der Waals surface area contributed by atoms with Crippen molar-refractivity contribution in [2.75, 3.05) is 33.0 Å². The van der Waals surface area contributed by atoms with E-state index in [1.54, 1.807) is 0 Å². The summed E-state index contributed by atoms with van der Waals surface area (Å²) in [5.41, 5.74) is 1.85. The molecule has 0 unspecified atom stereocenters. The van der Waals surface area contributed by atoms with E-state index in [0.717, 1.165) is 73.1 Å². The first-order chi connectivity index (χ1) is 13.8. The lowest BCUT2D eigenvalue weighted by Crippen LogP contribution is -2.34. The Kier molecular flexibility index (Phi) is 4.79. The summed E-state index contributed by atoms with van der Waals surface area (Å²) >= 11 is 0. The molecule has 3 heterocycles. The zero-order chi connectivity index (χ0) is 18.8. The molecule has 0 radical (unpaired) electrons. The van der Waals surface area contributed by atoms with Crippen LogP contribution in [0.25, 0.3) is 11.1 Å². The first kappa shape index (κ1) is 17.4. The van der Waals surface area contributed by atoms with Crippen molar-refractivity contribution in [3.05, 3.63) is 48.4 Å². The van der Waals surface area contributed by atoms with Gasteiger partial charge in [-0.3, -0.25) is 0 Å². The number of nitrogens with zero attached hydrogens (tertiary/aromatic N) is 2. The van der Waals surface area contributed by atoms with Crippen LogP contribution in [0.2, 0.25) is 0 Å². The summed E-state index contributed by atoms with van der Waals surface area (Å²) in [7, 11) is 0. The molecule has 6 nitrogen and oxygen atoms in total. The standard InChI is InChI=1S/C22H24N2O4/c1-2-5-19-18(4-1)23-22(28-19)16-8-11-24(12-9-16)10-3-13-25-17-6-7-20-21(14-17)27-15-26-20/h1-2,4-7,14,16H,3,8-13,15H2. The van der Waals surface area contributed by atoms with E-state index in [4.69, 9.17) is 18.6 Å². The summed E-state index contributed by atoms with van der Waals surface area (Å²) < 4.78 is 22.5. The van der Waals surface area contributed by atoms with E-state index in [-0.39, 0.29) is 6.79 Å². The highest BCUT2D eigenvalue weighted by Gasteiger charge is 2.24. The summed E-state index contributed by atoms with van der Waals surface area (Å²) in [5, 5.41) is 0. The number of hydrogen-bond acceptors (Lipinski definition) is 6. The second kappa shape index (κ2) is 7.72. The molecule has 3 aromatic rings. The van der Waals surface area contributed by atoms with Gasteiger partial charge in [0.15, 0.2) is 23.0 Å². The molecule has 146 valence electrons. The lowest BCUT2D eigenvalue weighted by atomic mass is 9.97. The Morgan fingerprint density at radius 3 is 2.79 bits per heavy atom. The maximum absolute atomic E-state index is 5.95. The average Bonchev–Trinajstić information content (AvgIpc) is 3.38.